The van der Waals surface area contributed by atoms with Crippen LogP contribution in [-0.4, -0.2) is 44.9 Å². The summed E-state index contributed by atoms with van der Waals surface area (Å²) < 4.78 is 0. The monoisotopic (exact) mass is 1530 g/mol. The van der Waals surface area contributed by atoms with Gasteiger partial charge in [0.25, 0.3) is 0 Å². The van der Waals surface area contributed by atoms with E-state index in [0.29, 0.717) is 17.5 Å². The molecule has 0 fully saturated rings. The van der Waals surface area contributed by atoms with Crippen molar-refractivity contribution in [3.63, 3.8) is 0 Å². The van der Waals surface area contributed by atoms with Gasteiger partial charge in [-0.25, -0.2) is 44.9 Å². The highest BCUT2D eigenvalue weighted by Gasteiger charge is 2.23. The molecule has 580 valence electrons. The standard InChI is InChI=1S/C37H31N3.2C26H24N2.C20H20N2/c1-37(2,3)33-24-22-32(23-25-33)36-39-34(30-18-14-28(15-19-30)26-10-6-4-7-11-26)38-35(40-36)31-20-16-29(17-21-31)27-12-8-5-9-13-27;1-26(2,3)22-16-10-15-21(17-22)25-27-23(19-11-6-4-7-12-19)18-24(28-25)20-13-8-5-9-14-20;1-26(2,3)22-16-14-21(15-17-22)25-27-23(19-10-6-4-7-11-19)18-24(28-25)20-12-8-5-9-13-20;1-20(2,3)19-21-17(15-10-6-4-7-11-15)14-18(22-19)16-12-8-5-9-13-16/h4-25H,1-3H3;2*4-18H,1-3H3;4-14H,1-3H3. The van der Waals surface area contributed by atoms with Gasteiger partial charge in [-0.05, 0) is 79.5 Å². The van der Waals surface area contributed by atoms with E-state index in [-0.39, 0.29) is 21.7 Å². The van der Waals surface area contributed by atoms with Crippen LogP contribution in [-0.2, 0) is 21.7 Å². The van der Waals surface area contributed by atoms with Gasteiger partial charge in [0.1, 0.15) is 5.82 Å². The lowest BCUT2D eigenvalue weighted by Crippen LogP contribution is -2.16. The Balaban J connectivity index is 0.000000132. The molecule has 17 rings (SSSR count). The summed E-state index contributed by atoms with van der Waals surface area (Å²) in [4.78, 5) is 44.0. The van der Waals surface area contributed by atoms with Crippen LogP contribution in [0, 0.1) is 0 Å². The fraction of sp³-hybridized carbons (Fsp3) is 0.147. The molecule has 0 N–H and O–H groups in total. The van der Waals surface area contributed by atoms with Crippen molar-refractivity contribution in [1.29, 1.82) is 0 Å². The lowest BCUT2D eigenvalue weighted by Gasteiger charge is -2.19. The SMILES string of the molecule is CC(C)(C)c1ccc(-c2nc(-c3ccc(-c4ccccc4)cc3)nc(-c3ccc(-c4ccccc4)cc3)n2)cc1.CC(C)(C)c1ccc(-c2nc(-c3ccccc3)cc(-c3ccccc3)n2)cc1.CC(C)(C)c1cccc(-c2nc(-c3ccccc3)cc(-c3ccccc3)n2)c1.CC(C)(C)c1nc(-c2ccccc2)cc(-c2ccccc2)n1. The molecule has 9 heteroatoms. The van der Waals surface area contributed by atoms with Crippen LogP contribution in [0.25, 0.3) is 147 Å². The average molecular weight is 1540 g/mol. The third-order valence-electron chi connectivity index (χ3n) is 20.4. The Morgan fingerprint density at radius 2 is 0.331 bits per heavy atom. The first-order valence-corrected chi connectivity index (χ1v) is 40.4. The summed E-state index contributed by atoms with van der Waals surface area (Å²) in [7, 11) is 0. The second-order valence-corrected chi connectivity index (χ2v) is 33.5. The average Bonchev–Trinajstić information content (AvgIpc) is 0.790. The highest BCUT2D eigenvalue weighted by atomic mass is 15.0. The summed E-state index contributed by atoms with van der Waals surface area (Å²) >= 11 is 0. The Bertz CT molecular complexity index is 5830. The Morgan fingerprint density at radius 1 is 0.136 bits per heavy atom. The lowest BCUT2D eigenvalue weighted by molar-refractivity contribution is 0.547. The third kappa shape index (κ3) is 20.8. The van der Waals surface area contributed by atoms with Crippen LogP contribution in [0.4, 0.5) is 0 Å². The smallest absolute Gasteiger partial charge is 0.164 e. The largest absolute Gasteiger partial charge is 0.232 e. The molecule has 0 radical (unpaired) electrons. The van der Waals surface area contributed by atoms with Crippen LogP contribution >= 0.6 is 0 Å². The van der Waals surface area contributed by atoms with Gasteiger partial charge in [0, 0.05) is 66.6 Å². The van der Waals surface area contributed by atoms with Crippen LogP contribution in [0.2, 0.25) is 0 Å². The van der Waals surface area contributed by atoms with Gasteiger partial charge in [-0.2, -0.15) is 0 Å². The van der Waals surface area contributed by atoms with Crippen LogP contribution in [0.1, 0.15) is 106 Å². The lowest BCUT2D eigenvalue weighted by atomic mass is 9.86. The van der Waals surface area contributed by atoms with Crippen LogP contribution in [0.3, 0.4) is 0 Å². The van der Waals surface area contributed by atoms with Crippen molar-refractivity contribution in [2.75, 3.05) is 0 Å². The molecule has 4 heterocycles. The molecule has 0 aliphatic rings. The first-order valence-electron chi connectivity index (χ1n) is 40.4. The molecule has 0 unspecified atom stereocenters. The fourth-order valence-electron chi connectivity index (χ4n) is 13.5. The first kappa shape index (κ1) is 80.7. The first-order chi connectivity index (χ1) is 57.0. The van der Waals surface area contributed by atoms with E-state index in [1.165, 1.54) is 27.8 Å². The molecule has 0 atom stereocenters. The highest BCUT2D eigenvalue weighted by Crippen LogP contribution is 2.36. The number of hydrogen-bond donors (Lipinski definition) is 0. The minimum atomic E-state index is -0.0890. The minimum Gasteiger partial charge on any atom is -0.232 e. The van der Waals surface area contributed by atoms with Gasteiger partial charge in [0.2, 0.25) is 0 Å². The van der Waals surface area contributed by atoms with E-state index >= 15 is 0 Å². The number of benzene rings is 13. The molecule has 4 aromatic heterocycles. The number of aromatic nitrogens is 9. The molecule has 0 bridgehead atoms. The molecule has 13 aromatic carbocycles. The van der Waals surface area contributed by atoms with E-state index in [0.717, 1.165) is 124 Å². The molecular formula is C109H99N9. The number of rotatable bonds is 13. The summed E-state index contributed by atoms with van der Waals surface area (Å²) in [6.07, 6.45) is 0. The van der Waals surface area contributed by atoms with Crippen molar-refractivity contribution >= 4 is 0 Å². The predicted octanol–water partition coefficient (Wildman–Crippen LogP) is 28.2. The minimum absolute atomic E-state index is 0.0783. The van der Waals surface area contributed by atoms with E-state index < -0.39 is 0 Å². The van der Waals surface area contributed by atoms with Gasteiger partial charge in [0.05, 0.1) is 34.2 Å². The van der Waals surface area contributed by atoms with Crippen molar-refractivity contribution in [3.8, 4) is 147 Å². The van der Waals surface area contributed by atoms with Crippen molar-refractivity contribution in [2.24, 2.45) is 0 Å². The Labute approximate surface area is 696 Å². The summed E-state index contributed by atoms with van der Waals surface area (Å²) in [5, 5.41) is 0. The quantitative estimate of drug-likeness (QED) is 0.111. The van der Waals surface area contributed by atoms with Crippen LogP contribution in [0.5, 0.6) is 0 Å². The summed E-state index contributed by atoms with van der Waals surface area (Å²) in [6, 6.07) is 131. The van der Waals surface area contributed by atoms with Crippen LogP contribution in [0.15, 0.2) is 382 Å². The summed E-state index contributed by atoms with van der Waals surface area (Å²) in [5.41, 5.74) is 26.0. The maximum atomic E-state index is 4.94. The van der Waals surface area contributed by atoms with Gasteiger partial charge in [-0.3, -0.25) is 0 Å². The van der Waals surface area contributed by atoms with Gasteiger partial charge >= 0.3 is 0 Å². The van der Waals surface area contributed by atoms with Crippen molar-refractivity contribution in [2.45, 2.75) is 105 Å². The molecule has 0 spiro atoms. The van der Waals surface area contributed by atoms with Gasteiger partial charge in [0.15, 0.2) is 29.1 Å². The molecule has 0 amide bonds. The highest BCUT2D eigenvalue weighted by molar-refractivity contribution is 5.77. The van der Waals surface area contributed by atoms with E-state index in [1.54, 1.807) is 0 Å². The zero-order chi connectivity index (χ0) is 82.2. The zero-order valence-corrected chi connectivity index (χ0v) is 69.4. The molecule has 0 aliphatic heterocycles. The molecule has 0 saturated carbocycles. The normalized spacial score (nSPS) is 11.4. The Kier molecular flexibility index (Phi) is 24.8. The van der Waals surface area contributed by atoms with Crippen molar-refractivity contribution < 1.29 is 0 Å². The summed E-state index contributed by atoms with van der Waals surface area (Å²) in [5.74, 6) is 4.36. The van der Waals surface area contributed by atoms with Gasteiger partial charge < -0.3 is 0 Å². The van der Waals surface area contributed by atoms with E-state index in [2.05, 4.69) is 344 Å². The van der Waals surface area contributed by atoms with Gasteiger partial charge in [-0.15, -0.1) is 0 Å². The maximum Gasteiger partial charge on any atom is 0.164 e. The molecule has 0 saturated heterocycles. The van der Waals surface area contributed by atoms with Crippen LogP contribution < -0.4 is 0 Å². The van der Waals surface area contributed by atoms with Crippen molar-refractivity contribution in [1.82, 2.24) is 44.9 Å². The van der Waals surface area contributed by atoms with E-state index in [9.17, 15) is 0 Å². The molecule has 9 nitrogen and oxygen atoms in total. The predicted molar refractivity (Wildman–Crippen MR) is 491 cm³/mol. The summed E-state index contributed by atoms with van der Waals surface area (Å²) in [6.45, 7) is 26.4. The molecule has 0 aliphatic carbocycles. The van der Waals surface area contributed by atoms with E-state index in [1.807, 2.05) is 121 Å². The number of nitrogens with zero attached hydrogens (tertiary/aromatic N) is 9. The van der Waals surface area contributed by atoms with E-state index in [4.69, 9.17) is 44.9 Å². The topological polar surface area (TPSA) is 116 Å². The fourth-order valence-corrected chi connectivity index (χ4v) is 13.5. The maximum absolute atomic E-state index is 4.94. The molecular weight excluding hydrogens is 1440 g/mol. The Morgan fingerprint density at radius 3 is 0.576 bits per heavy atom. The number of hydrogen-bond acceptors (Lipinski definition) is 9. The van der Waals surface area contributed by atoms with Crippen molar-refractivity contribution in [3.05, 3.63) is 405 Å². The molecule has 118 heavy (non-hydrogen) atoms. The third-order valence-corrected chi connectivity index (χ3v) is 20.4. The second-order valence-electron chi connectivity index (χ2n) is 33.5. The second kappa shape index (κ2) is 36.3. The Hall–Kier alpha value is -13.9. The molecule has 17 aromatic rings. The van der Waals surface area contributed by atoms with Gasteiger partial charge in [-0.1, -0.05) is 441 Å². The zero-order valence-electron chi connectivity index (χ0n) is 69.4.